The molecule has 2 N–H and O–H groups in total. The van der Waals surface area contributed by atoms with Gasteiger partial charge in [0.25, 0.3) is 0 Å². The number of amides is 1. The van der Waals surface area contributed by atoms with E-state index >= 15 is 0 Å². The molecule has 1 aromatic carbocycles. The predicted octanol–water partition coefficient (Wildman–Crippen LogP) is 0.609. The highest BCUT2D eigenvalue weighted by molar-refractivity contribution is 6.06. The van der Waals surface area contributed by atoms with Crippen molar-refractivity contribution in [3.8, 4) is 0 Å². The molecule has 116 valence electrons. The van der Waals surface area contributed by atoms with Crippen LogP contribution in [0.15, 0.2) is 18.2 Å². The maximum Gasteiger partial charge on any atom is 0.337 e. The molecule has 1 aliphatic rings. The molecule has 0 radical (unpaired) electrons. The number of benzene rings is 1. The van der Waals surface area contributed by atoms with Crippen molar-refractivity contribution in [1.82, 2.24) is 0 Å². The van der Waals surface area contributed by atoms with Crippen molar-refractivity contribution < 1.29 is 34.1 Å². The van der Waals surface area contributed by atoms with Crippen LogP contribution in [0.2, 0.25) is 0 Å². The number of carboxylic acids is 2. The van der Waals surface area contributed by atoms with Gasteiger partial charge in [0.05, 0.1) is 29.8 Å². The lowest BCUT2D eigenvalue weighted by Crippen LogP contribution is -2.28. The Hall–Kier alpha value is -2.90. The third kappa shape index (κ3) is 2.76. The number of hydrogen-bond donors (Lipinski definition) is 2. The van der Waals surface area contributed by atoms with E-state index in [0.717, 1.165) is 11.0 Å². The zero-order valence-corrected chi connectivity index (χ0v) is 11.6. The van der Waals surface area contributed by atoms with Crippen LogP contribution >= 0.6 is 0 Å². The molecule has 1 amide bonds. The van der Waals surface area contributed by atoms with Crippen LogP contribution in [0.4, 0.5) is 5.69 Å². The van der Waals surface area contributed by atoms with Gasteiger partial charge in [-0.1, -0.05) is 0 Å². The van der Waals surface area contributed by atoms with Gasteiger partial charge >= 0.3 is 17.9 Å². The minimum absolute atomic E-state index is 0.00178. The predicted molar refractivity (Wildman–Crippen MR) is 72.8 cm³/mol. The highest BCUT2D eigenvalue weighted by Gasteiger charge is 2.37. The van der Waals surface area contributed by atoms with Crippen LogP contribution in [0.3, 0.4) is 0 Å². The fourth-order valence-corrected chi connectivity index (χ4v) is 2.34. The minimum Gasteiger partial charge on any atom is -0.478 e. The van der Waals surface area contributed by atoms with Crippen molar-refractivity contribution in [2.24, 2.45) is 5.92 Å². The molecule has 0 saturated carbocycles. The van der Waals surface area contributed by atoms with E-state index in [0.29, 0.717) is 0 Å². The van der Waals surface area contributed by atoms with E-state index in [4.69, 9.17) is 5.11 Å². The summed E-state index contributed by atoms with van der Waals surface area (Å²) in [5, 5.41) is 18.1. The Balaban J connectivity index is 2.40. The zero-order valence-electron chi connectivity index (χ0n) is 11.6. The van der Waals surface area contributed by atoms with Crippen LogP contribution < -0.4 is 4.90 Å². The number of rotatable bonds is 4. The van der Waals surface area contributed by atoms with Gasteiger partial charge in [-0.05, 0) is 18.2 Å². The van der Waals surface area contributed by atoms with E-state index in [1.165, 1.54) is 19.2 Å². The molecule has 0 bridgehead atoms. The number of carbonyl (C=O) groups excluding carboxylic acids is 2. The normalized spacial score (nSPS) is 17.4. The SMILES string of the molecule is COC(=O)C1CC(=O)N(c2ccc(C(=O)O)cc2C(=O)O)C1. The molecule has 1 saturated heterocycles. The fourth-order valence-electron chi connectivity index (χ4n) is 2.34. The average molecular weight is 307 g/mol. The van der Waals surface area contributed by atoms with E-state index < -0.39 is 29.7 Å². The molecule has 1 heterocycles. The summed E-state index contributed by atoms with van der Waals surface area (Å²) >= 11 is 0. The summed E-state index contributed by atoms with van der Waals surface area (Å²) in [4.78, 5) is 46.9. The fraction of sp³-hybridized carbons (Fsp3) is 0.286. The highest BCUT2D eigenvalue weighted by atomic mass is 16.5. The van der Waals surface area contributed by atoms with Crippen molar-refractivity contribution in [1.29, 1.82) is 0 Å². The van der Waals surface area contributed by atoms with Gasteiger partial charge in [-0.15, -0.1) is 0 Å². The van der Waals surface area contributed by atoms with Gasteiger partial charge in [0, 0.05) is 13.0 Å². The number of hydrogen-bond acceptors (Lipinski definition) is 5. The number of carboxylic acid groups (broad SMARTS) is 2. The first-order valence-electron chi connectivity index (χ1n) is 6.34. The molecule has 2 rings (SSSR count). The molecule has 22 heavy (non-hydrogen) atoms. The molecule has 0 aromatic heterocycles. The summed E-state index contributed by atoms with van der Waals surface area (Å²) in [6, 6.07) is 3.45. The Morgan fingerprint density at radius 3 is 2.45 bits per heavy atom. The molecule has 1 atom stereocenters. The Morgan fingerprint density at radius 2 is 1.91 bits per heavy atom. The van der Waals surface area contributed by atoms with Crippen LogP contribution in [-0.4, -0.2) is 47.7 Å². The lowest BCUT2D eigenvalue weighted by Gasteiger charge is -2.19. The molecule has 8 nitrogen and oxygen atoms in total. The van der Waals surface area contributed by atoms with Crippen LogP contribution in [0, 0.1) is 5.92 Å². The van der Waals surface area contributed by atoms with Crippen LogP contribution in [0.25, 0.3) is 0 Å². The second-order valence-electron chi connectivity index (χ2n) is 4.77. The highest BCUT2D eigenvalue weighted by Crippen LogP contribution is 2.29. The van der Waals surface area contributed by atoms with E-state index in [9.17, 15) is 24.3 Å². The average Bonchev–Trinajstić information content (AvgIpc) is 2.87. The number of ether oxygens (including phenoxy) is 1. The summed E-state index contributed by atoms with van der Waals surface area (Å²) in [6.45, 7) is -0.00178. The standard InChI is InChI=1S/C14H13NO7/c1-22-14(21)8-5-11(16)15(6-8)10-3-2-7(12(17)18)4-9(10)13(19)20/h2-4,8H,5-6H2,1H3,(H,17,18)(H,19,20). The Kier molecular flexibility index (Phi) is 4.11. The first-order chi connectivity index (χ1) is 10.3. The quantitative estimate of drug-likeness (QED) is 0.781. The van der Waals surface area contributed by atoms with Gasteiger partial charge in [-0.2, -0.15) is 0 Å². The number of esters is 1. The van der Waals surface area contributed by atoms with Crippen molar-refractivity contribution in [2.75, 3.05) is 18.6 Å². The maximum atomic E-state index is 12.0. The Labute approximate surface area is 124 Å². The smallest absolute Gasteiger partial charge is 0.337 e. The minimum atomic E-state index is -1.35. The van der Waals surface area contributed by atoms with Crippen LogP contribution in [0.5, 0.6) is 0 Å². The van der Waals surface area contributed by atoms with E-state index in [2.05, 4.69) is 4.74 Å². The molecule has 1 aromatic rings. The van der Waals surface area contributed by atoms with Gasteiger partial charge in [-0.3, -0.25) is 9.59 Å². The summed E-state index contributed by atoms with van der Waals surface area (Å²) in [5.74, 6) is -4.25. The molecule has 1 fully saturated rings. The number of aromatic carboxylic acids is 2. The lowest BCUT2D eigenvalue weighted by atomic mass is 10.1. The Morgan fingerprint density at radius 1 is 1.23 bits per heavy atom. The van der Waals surface area contributed by atoms with Crippen LogP contribution in [-0.2, 0) is 14.3 Å². The van der Waals surface area contributed by atoms with Crippen molar-refractivity contribution >= 4 is 29.5 Å². The largest absolute Gasteiger partial charge is 0.478 e. The molecular formula is C14H13NO7. The third-order valence-corrected chi connectivity index (χ3v) is 3.42. The number of anilines is 1. The summed E-state index contributed by atoms with van der Waals surface area (Å²) in [6.07, 6.45) is -0.0770. The van der Waals surface area contributed by atoms with Gasteiger partial charge in [0.15, 0.2) is 0 Å². The Bertz CT molecular complexity index is 667. The van der Waals surface area contributed by atoms with Gasteiger partial charge in [0.2, 0.25) is 5.91 Å². The topological polar surface area (TPSA) is 121 Å². The molecule has 0 aliphatic carbocycles. The lowest BCUT2D eigenvalue weighted by molar-refractivity contribution is -0.145. The van der Waals surface area contributed by atoms with Crippen LogP contribution in [0.1, 0.15) is 27.1 Å². The van der Waals surface area contributed by atoms with Gasteiger partial charge in [-0.25, -0.2) is 9.59 Å². The van der Waals surface area contributed by atoms with Crippen molar-refractivity contribution in [3.63, 3.8) is 0 Å². The molecule has 1 aliphatic heterocycles. The monoisotopic (exact) mass is 307 g/mol. The van der Waals surface area contributed by atoms with Gasteiger partial charge < -0.3 is 19.8 Å². The van der Waals surface area contributed by atoms with E-state index in [1.807, 2.05) is 0 Å². The third-order valence-electron chi connectivity index (χ3n) is 3.42. The molecule has 0 spiro atoms. The summed E-state index contributed by atoms with van der Waals surface area (Å²) in [5.41, 5.74) is -0.440. The van der Waals surface area contributed by atoms with Crippen molar-refractivity contribution in [3.05, 3.63) is 29.3 Å². The van der Waals surface area contributed by atoms with E-state index in [-0.39, 0.29) is 29.8 Å². The number of methoxy groups -OCH3 is 1. The summed E-state index contributed by atoms with van der Waals surface area (Å²) in [7, 11) is 1.21. The molecule has 1 unspecified atom stereocenters. The second kappa shape index (κ2) is 5.84. The second-order valence-corrected chi connectivity index (χ2v) is 4.77. The first-order valence-corrected chi connectivity index (χ1v) is 6.34. The number of carbonyl (C=O) groups is 4. The molecule has 8 heteroatoms. The maximum absolute atomic E-state index is 12.0. The van der Waals surface area contributed by atoms with E-state index in [1.54, 1.807) is 0 Å². The molecular weight excluding hydrogens is 294 g/mol. The summed E-state index contributed by atoms with van der Waals surface area (Å²) < 4.78 is 4.58. The van der Waals surface area contributed by atoms with Gasteiger partial charge in [0.1, 0.15) is 0 Å². The zero-order chi connectivity index (χ0) is 16.4. The van der Waals surface area contributed by atoms with Crippen molar-refractivity contribution in [2.45, 2.75) is 6.42 Å². The first kappa shape index (κ1) is 15.5. The number of nitrogens with zero attached hydrogens (tertiary/aromatic N) is 1.